The Bertz CT molecular complexity index is 807. The average Bonchev–Trinajstić information content (AvgIpc) is 2.73. The van der Waals surface area contributed by atoms with Gasteiger partial charge in [-0.1, -0.05) is 18.2 Å². The van der Waals surface area contributed by atoms with Crippen molar-refractivity contribution in [3.63, 3.8) is 0 Å². The zero-order valence-corrected chi connectivity index (χ0v) is 15.4. The van der Waals surface area contributed by atoms with Crippen LogP contribution in [-0.4, -0.2) is 47.3 Å². The number of fused-ring (bicyclic) bond motifs is 1. The monoisotopic (exact) mass is 370 g/mol. The van der Waals surface area contributed by atoms with Crippen molar-refractivity contribution in [3.05, 3.63) is 58.7 Å². The molecule has 0 fully saturated rings. The predicted molar refractivity (Wildman–Crippen MR) is 103 cm³/mol. The number of carbonyl (C=O) groups is 1. The number of hydrogen-bond donors (Lipinski definition) is 3. The van der Waals surface area contributed by atoms with Crippen LogP contribution >= 0.6 is 0 Å². The molecule has 4 N–H and O–H groups in total. The van der Waals surface area contributed by atoms with Crippen molar-refractivity contribution in [1.29, 1.82) is 0 Å². The van der Waals surface area contributed by atoms with Gasteiger partial charge >= 0.3 is 0 Å². The van der Waals surface area contributed by atoms with E-state index in [1.54, 1.807) is 4.90 Å². The fraction of sp³-hybridized carbons (Fsp3) is 0.381. The minimum atomic E-state index is -0.292. The molecule has 0 aliphatic carbocycles. The van der Waals surface area contributed by atoms with Gasteiger partial charge in [0.2, 0.25) is 0 Å². The van der Waals surface area contributed by atoms with Gasteiger partial charge in [0, 0.05) is 31.8 Å². The molecular weight excluding hydrogens is 344 g/mol. The molecule has 6 nitrogen and oxygen atoms in total. The molecule has 2 aromatic rings. The zero-order valence-electron chi connectivity index (χ0n) is 15.4. The van der Waals surface area contributed by atoms with Crippen LogP contribution in [0.15, 0.2) is 36.4 Å². The van der Waals surface area contributed by atoms with Crippen LogP contribution in [0.1, 0.15) is 33.5 Å². The summed E-state index contributed by atoms with van der Waals surface area (Å²) in [4.78, 5) is 14.7. The van der Waals surface area contributed by atoms with E-state index in [-0.39, 0.29) is 17.4 Å². The summed E-state index contributed by atoms with van der Waals surface area (Å²) in [5.41, 5.74) is 9.63. The van der Waals surface area contributed by atoms with Crippen LogP contribution in [0.5, 0.6) is 11.5 Å². The molecular formula is C21H26N2O4. The molecule has 1 aliphatic heterocycles. The lowest BCUT2D eigenvalue weighted by Crippen LogP contribution is -2.34. The molecule has 1 heterocycles. The number of nitrogens with two attached hydrogens (primary N) is 1. The molecule has 0 spiro atoms. The maximum absolute atomic E-state index is 12.9. The molecule has 144 valence electrons. The quantitative estimate of drug-likeness (QED) is 0.705. The number of hydrogen-bond acceptors (Lipinski definition) is 5. The molecule has 0 radical (unpaired) electrons. The number of rotatable bonds is 2. The van der Waals surface area contributed by atoms with Gasteiger partial charge in [0.1, 0.15) is 0 Å². The van der Waals surface area contributed by atoms with E-state index in [2.05, 4.69) is 12.1 Å². The van der Waals surface area contributed by atoms with Gasteiger partial charge in [-0.15, -0.1) is 0 Å². The highest BCUT2D eigenvalue weighted by molar-refractivity contribution is 5.94. The topological polar surface area (TPSA) is 96.0 Å². The number of phenolic OH excluding ortho intramolecular Hbond substituents is 2. The Balaban J connectivity index is 1.82. The largest absolute Gasteiger partial charge is 0.504 e. The Hall–Kier alpha value is -2.57. The minimum Gasteiger partial charge on any atom is -0.504 e. The van der Waals surface area contributed by atoms with Crippen molar-refractivity contribution >= 4 is 5.91 Å². The Morgan fingerprint density at radius 2 is 1.85 bits per heavy atom. The molecule has 6 heteroatoms. The van der Waals surface area contributed by atoms with Crippen molar-refractivity contribution < 1.29 is 19.7 Å². The Kier molecular flexibility index (Phi) is 6.32. The van der Waals surface area contributed by atoms with Gasteiger partial charge in [0.25, 0.3) is 5.91 Å². The van der Waals surface area contributed by atoms with E-state index in [1.807, 2.05) is 6.07 Å². The summed E-state index contributed by atoms with van der Waals surface area (Å²) in [6.45, 7) is 2.89. The summed E-state index contributed by atoms with van der Waals surface area (Å²) < 4.78 is 5.71. The number of benzene rings is 2. The van der Waals surface area contributed by atoms with Crippen molar-refractivity contribution in [1.82, 2.24) is 4.90 Å². The van der Waals surface area contributed by atoms with E-state index in [0.29, 0.717) is 38.4 Å². The number of nitrogens with zero attached hydrogens (tertiary/aromatic N) is 1. The highest BCUT2D eigenvalue weighted by Gasteiger charge is 2.18. The maximum Gasteiger partial charge on any atom is 0.254 e. The van der Waals surface area contributed by atoms with E-state index < -0.39 is 0 Å². The van der Waals surface area contributed by atoms with E-state index in [4.69, 9.17) is 10.5 Å². The number of amides is 1. The van der Waals surface area contributed by atoms with Crippen LogP contribution in [0.3, 0.4) is 0 Å². The van der Waals surface area contributed by atoms with Crippen LogP contribution in [0, 0.1) is 0 Å². The second-order valence-corrected chi connectivity index (χ2v) is 6.77. The lowest BCUT2D eigenvalue weighted by Gasteiger charge is -2.23. The minimum absolute atomic E-state index is 0.166. The molecule has 1 aliphatic rings. The molecule has 0 aromatic heterocycles. The van der Waals surface area contributed by atoms with Gasteiger partial charge in [-0.2, -0.15) is 0 Å². The fourth-order valence-electron chi connectivity index (χ4n) is 3.33. The smallest absolute Gasteiger partial charge is 0.254 e. The van der Waals surface area contributed by atoms with Gasteiger partial charge in [0.05, 0.1) is 6.61 Å². The normalized spacial score (nSPS) is 15.7. The summed E-state index contributed by atoms with van der Waals surface area (Å²) in [5.74, 6) is -0.693. The number of carbonyl (C=O) groups excluding carboxylic acids is 1. The lowest BCUT2D eigenvalue weighted by molar-refractivity contribution is 0.0726. The number of phenols is 2. The van der Waals surface area contributed by atoms with E-state index in [1.165, 1.54) is 29.3 Å². The van der Waals surface area contributed by atoms with Crippen molar-refractivity contribution in [2.45, 2.75) is 25.8 Å². The van der Waals surface area contributed by atoms with Crippen molar-refractivity contribution in [2.75, 3.05) is 26.3 Å². The molecule has 0 saturated carbocycles. The SMILES string of the molecule is NCc1ccc2c(c1)CCN(C(=O)c1ccc(O)c(O)c1)CCCOCC2. The first-order chi connectivity index (χ1) is 13.1. The van der Waals surface area contributed by atoms with Crippen LogP contribution in [0.25, 0.3) is 0 Å². The van der Waals surface area contributed by atoms with Gasteiger partial charge in [-0.3, -0.25) is 4.79 Å². The summed E-state index contributed by atoms with van der Waals surface area (Å²) >= 11 is 0. The van der Waals surface area contributed by atoms with Crippen molar-refractivity contribution in [3.8, 4) is 11.5 Å². The molecule has 0 atom stereocenters. The van der Waals surface area contributed by atoms with Crippen LogP contribution in [-0.2, 0) is 24.1 Å². The molecule has 0 bridgehead atoms. The van der Waals surface area contributed by atoms with Gasteiger partial charge in [-0.05, 0) is 54.2 Å². The van der Waals surface area contributed by atoms with Crippen LogP contribution in [0.2, 0.25) is 0 Å². The first-order valence-corrected chi connectivity index (χ1v) is 9.28. The molecule has 2 aromatic carbocycles. The third-order valence-electron chi connectivity index (χ3n) is 4.90. The first kappa shape index (κ1) is 19.2. The zero-order chi connectivity index (χ0) is 19.2. The van der Waals surface area contributed by atoms with Crippen LogP contribution in [0.4, 0.5) is 0 Å². The van der Waals surface area contributed by atoms with Gasteiger partial charge in [-0.25, -0.2) is 0 Å². The second-order valence-electron chi connectivity index (χ2n) is 6.77. The third-order valence-corrected chi connectivity index (χ3v) is 4.90. The van der Waals surface area contributed by atoms with E-state index in [9.17, 15) is 15.0 Å². The summed E-state index contributed by atoms with van der Waals surface area (Å²) in [6, 6.07) is 10.4. The van der Waals surface area contributed by atoms with E-state index >= 15 is 0 Å². The van der Waals surface area contributed by atoms with Crippen molar-refractivity contribution in [2.24, 2.45) is 5.73 Å². The number of aromatic hydroxyl groups is 2. The van der Waals surface area contributed by atoms with E-state index in [0.717, 1.165) is 24.8 Å². The molecule has 27 heavy (non-hydrogen) atoms. The second kappa shape index (κ2) is 8.88. The Morgan fingerprint density at radius 3 is 2.63 bits per heavy atom. The highest BCUT2D eigenvalue weighted by Crippen LogP contribution is 2.26. The van der Waals surface area contributed by atoms with Gasteiger partial charge < -0.3 is 25.6 Å². The Labute approximate surface area is 159 Å². The predicted octanol–water partition coefficient (Wildman–Crippen LogP) is 2.20. The standard InChI is InChI=1S/C21H26N2O4/c22-14-15-2-3-16-7-11-27-10-1-8-23(9-6-17(16)12-15)21(26)18-4-5-19(24)20(25)13-18/h2-5,12-13,24-25H,1,6-11,14,22H2. The van der Waals surface area contributed by atoms with Gasteiger partial charge in [0.15, 0.2) is 11.5 Å². The average molecular weight is 370 g/mol. The first-order valence-electron chi connectivity index (χ1n) is 9.28. The molecule has 3 rings (SSSR count). The summed E-state index contributed by atoms with van der Waals surface area (Å²) in [7, 11) is 0. The molecule has 1 amide bonds. The highest BCUT2D eigenvalue weighted by atomic mass is 16.5. The molecule has 0 unspecified atom stereocenters. The summed E-state index contributed by atoms with van der Waals surface area (Å²) in [6.07, 6.45) is 2.33. The molecule has 0 saturated heterocycles. The lowest BCUT2D eigenvalue weighted by atomic mass is 9.98. The summed E-state index contributed by atoms with van der Waals surface area (Å²) in [5, 5.41) is 19.2. The fourth-order valence-corrected chi connectivity index (χ4v) is 3.33. The Morgan fingerprint density at radius 1 is 1.00 bits per heavy atom. The van der Waals surface area contributed by atoms with Crippen LogP contribution < -0.4 is 5.73 Å². The number of ether oxygens (including phenoxy) is 1. The maximum atomic E-state index is 12.9. The third kappa shape index (κ3) is 4.78.